The molecule has 0 amide bonds. The second-order valence-corrected chi connectivity index (χ2v) is 3.17. The van der Waals surface area contributed by atoms with Gasteiger partial charge in [0.05, 0.1) is 11.1 Å². The van der Waals surface area contributed by atoms with E-state index in [9.17, 15) is 0 Å². The molecule has 1 atom stereocenters. The number of allylic oxidation sites excluding steroid dienone is 4. The molecule has 0 aromatic heterocycles. The molecule has 54 valence electrons. The van der Waals surface area contributed by atoms with Crippen LogP contribution < -0.4 is 0 Å². The minimum atomic E-state index is -0.0633. The molecule has 0 radical (unpaired) electrons. The Hall–Kier alpha value is -0.270. The van der Waals surface area contributed by atoms with Gasteiger partial charge in [-0.15, -0.1) is 11.6 Å². The van der Waals surface area contributed by atoms with E-state index in [4.69, 9.17) is 28.6 Å². The van der Waals surface area contributed by atoms with Crippen molar-refractivity contribution in [1.82, 2.24) is 0 Å². The zero-order chi connectivity index (χ0) is 7.56. The van der Waals surface area contributed by atoms with Gasteiger partial charge in [0, 0.05) is 11.5 Å². The number of alkyl halides is 1. The van der Waals surface area contributed by atoms with Crippen molar-refractivity contribution in [2.45, 2.75) is 11.8 Å². The largest absolute Gasteiger partial charge is 0.301 e. The molecule has 3 heteroatoms. The second kappa shape index (κ2) is 3.22. The van der Waals surface area contributed by atoms with E-state index >= 15 is 0 Å². The number of halogens is 2. The van der Waals surface area contributed by atoms with Gasteiger partial charge in [-0.1, -0.05) is 17.7 Å². The van der Waals surface area contributed by atoms with Crippen molar-refractivity contribution in [1.29, 1.82) is 5.41 Å². The Labute approximate surface area is 69.8 Å². The molecule has 1 unspecified atom stereocenters. The molecule has 0 fully saturated rings. The lowest BCUT2D eigenvalue weighted by Crippen LogP contribution is -1.89. The zero-order valence-corrected chi connectivity index (χ0v) is 6.78. The molecule has 0 saturated heterocycles. The standard InChI is InChI=1S/C7H7Cl2N/c8-5-1-2-7(10)4-6(9)3-5/h1-2,4-5,10H,3H2. The monoisotopic (exact) mass is 175 g/mol. The van der Waals surface area contributed by atoms with Gasteiger partial charge in [-0.25, -0.2) is 0 Å². The maximum Gasteiger partial charge on any atom is 0.0568 e. The molecular formula is C7H7Cl2N. The highest BCUT2D eigenvalue weighted by Crippen LogP contribution is 2.18. The molecular weight excluding hydrogens is 169 g/mol. The lowest BCUT2D eigenvalue weighted by atomic mass is 10.3. The molecule has 1 aliphatic rings. The smallest absolute Gasteiger partial charge is 0.0568 e. The fourth-order valence-corrected chi connectivity index (χ4v) is 1.34. The molecule has 0 spiro atoms. The average molecular weight is 176 g/mol. The van der Waals surface area contributed by atoms with Crippen molar-refractivity contribution in [2.75, 3.05) is 0 Å². The van der Waals surface area contributed by atoms with Crippen LogP contribution in [0.25, 0.3) is 0 Å². The summed E-state index contributed by atoms with van der Waals surface area (Å²) >= 11 is 11.5. The van der Waals surface area contributed by atoms with Crippen molar-refractivity contribution in [3.63, 3.8) is 0 Å². The van der Waals surface area contributed by atoms with Crippen LogP contribution in [0, 0.1) is 5.41 Å². The summed E-state index contributed by atoms with van der Waals surface area (Å²) in [5, 5.41) is 7.83. The van der Waals surface area contributed by atoms with E-state index in [0.29, 0.717) is 17.2 Å². The van der Waals surface area contributed by atoms with Gasteiger partial charge in [0.1, 0.15) is 0 Å². The van der Waals surface area contributed by atoms with Gasteiger partial charge in [-0.3, -0.25) is 0 Å². The summed E-state index contributed by atoms with van der Waals surface area (Å²) in [7, 11) is 0. The lowest BCUT2D eigenvalue weighted by molar-refractivity contribution is 1.05. The Morgan fingerprint density at radius 1 is 1.60 bits per heavy atom. The molecule has 10 heavy (non-hydrogen) atoms. The van der Waals surface area contributed by atoms with E-state index in [1.54, 1.807) is 18.2 Å². The van der Waals surface area contributed by atoms with Gasteiger partial charge in [0.15, 0.2) is 0 Å². The van der Waals surface area contributed by atoms with Gasteiger partial charge in [0.2, 0.25) is 0 Å². The average Bonchev–Trinajstić information content (AvgIpc) is 1.93. The first kappa shape index (κ1) is 7.83. The summed E-state index contributed by atoms with van der Waals surface area (Å²) in [5.41, 5.74) is 0.410. The molecule has 0 aliphatic heterocycles. The fraction of sp³-hybridized carbons (Fsp3) is 0.286. The van der Waals surface area contributed by atoms with E-state index in [2.05, 4.69) is 0 Å². The Balaban J connectivity index is 2.79. The van der Waals surface area contributed by atoms with Crippen LogP contribution in [-0.4, -0.2) is 11.1 Å². The molecule has 0 saturated carbocycles. The van der Waals surface area contributed by atoms with Crippen LogP contribution in [0.5, 0.6) is 0 Å². The van der Waals surface area contributed by atoms with Crippen molar-refractivity contribution >= 4 is 28.9 Å². The van der Waals surface area contributed by atoms with Crippen LogP contribution in [0.15, 0.2) is 23.3 Å². The molecule has 0 aromatic carbocycles. The van der Waals surface area contributed by atoms with Crippen LogP contribution in [-0.2, 0) is 0 Å². The summed E-state index contributed by atoms with van der Waals surface area (Å²) in [5.74, 6) is 0. The van der Waals surface area contributed by atoms with E-state index in [0.717, 1.165) is 0 Å². The van der Waals surface area contributed by atoms with E-state index < -0.39 is 0 Å². The minimum Gasteiger partial charge on any atom is -0.301 e. The quantitative estimate of drug-likeness (QED) is 0.548. The molecule has 1 aliphatic carbocycles. The van der Waals surface area contributed by atoms with Crippen molar-refractivity contribution < 1.29 is 0 Å². The third kappa shape index (κ3) is 2.16. The van der Waals surface area contributed by atoms with Crippen LogP contribution in [0.3, 0.4) is 0 Å². The minimum absolute atomic E-state index is 0.0633. The van der Waals surface area contributed by atoms with E-state index in [1.165, 1.54) is 0 Å². The summed E-state index contributed by atoms with van der Waals surface area (Å²) in [6, 6.07) is 0. The molecule has 1 rings (SSSR count). The zero-order valence-electron chi connectivity index (χ0n) is 5.27. The Morgan fingerprint density at radius 3 is 3.00 bits per heavy atom. The number of rotatable bonds is 0. The molecule has 1 N–H and O–H groups in total. The van der Waals surface area contributed by atoms with Crippen LogP contribution in [0.2, 0.25) is 0 Å². The first-order valence-corrected chi connectivity index (χ1v) is 3.77. The molecule has 0 aromatic rings. The maximum absolute atomic E-state index is 7.24. The highest BCUT2D eigenvalue weighted by molar-refractivity contribution is 6.33. The number of hydrogen-bond acceptors (Lipinski definition) is 1. The highest BCUT2D eigenvalue weighted by Gasteiger charge is 2.06. The van der Waals surface area contributed by atoms with Crippen molar-refractivity contribution in [2.24, 2.45) is 0 Å². The van der Waals surface area contributed by atoms with Gasteiger partial charge < -0.3 is 5.41 Å². The van der Waals surface area contributed by atoms with Crippen molar-refractivity contribution in [3.05, 3.63) is 23.3 Å². The third-order valence-corrected chi connectivity index (χ3v) is 1.75. The first-order valence-electron chi connectivity index (χ1n) is 2.95. The Morgan fingerprint density at radius 2 is 2.30 bits per heavy atom. The van der Waals surface area contributed by atoms with E-state index in [1.807, 2.05) is 0 Å². The fourth-order valence-electron chi connectivity index (χ4n) is 0.738. The predicted molar refractivity (Wildman–Crippen MR) is 45.1 cm³/mol. The van der Waals surface area contributed by atoms with Crippen LogP contribution >= 0.6 is 23.2 Å². The normalized spacial score (nSPS) is 26.0. The highest BCUT2D eigenvalue weighted by atomic mass is 35.5. The third-order valence-electron chi connectivity index (χ3n) is 1.19. The number of nitrogens with one attached hydrogen (secondary N) is 1. The summed E-state index contributed by atoms with van der Waals surface area (Å²) in [6.45, 7) is 0. The first-order chi connectivity index (χ1) is 4.68. The Bertz CT molecular complexity index is 206. The van der Waals surface area contributed by atoms with Crippen LogP contribution in [0.1, 0.15) is 6.42 Å². The van der Waals surface area contributed by atoms with Crippen LogP contribution in [0.4, 0.5) is 0 Å². The van der Waals surface area contributed by atoms with Gasteiger partial charge in [0.25, 0.3) is 0 Å². The SMILES string of the molecule is N=C1C=CC(Cl)CC(Cl)=C1. The van der Waals surface area contributed by atoms with Gasteiger partial charge in [-0.05, 0) is 12.2 Å². The maximum atomic E-state index is 7.24. The van der Waals surface area contributed by atoms with Gasteiger partial charge in [-0.2, -0.15) is 0 Å². The topological polar surface area (TPSA) is 23.9 Å². The van der Waals surface area contributed by atoms with E-state index in [-0.39, 0.29) is 5.38 Å². The molecule has 1 nitrogen and oxygen atoms in total. The van der Waals surface area contributed by atoms with Gasteiger partial charge >= 0.3 is 0 Å². The van der Waals surface area contributed by atoms with Crippen molar-refractivity contribution in [3.8, 4) is 0 Å². The summed E-state index contributed by atoms with van der Waals surface area (Å²) in [6.07, 6.45) is 5.67. The summed E-state index contributed by atoms with van der Waals surface area (Å²) in [4.78, 5) is 0. The second-order valence-electron chi connectivity index (χ2n) is 2.13. The summed E-state index contributed by atoms with van der Waals surface area (Å²) < 4.78 is 0. The Kier molecular flexibility index (Phi) is 2.52. The molecule has 0 heterocycles. The predicted octanol–water partition coefficient (Wildman–Crippen LogP) is 2.70. The molecule has 0 bridgehead atoms. The number of hydrogen-bond donors (Lipinski definition) is 1. The lowest BCUT2D eigenvalue weighted by Gasteiger charge is -1.97.